The third kappa shape index (κ3) is 3.74. The van der Waals surface area contributed by atoms with Crippen molar-refractivity contribution in [3.05, 3.63) is 128 Å². The van der Waals surface area contributed by atoms with Crippen molar-refractivity contribution < 1.29 is 0 Å². The molecule has 0 saturated carbocycles. The maximum absolute atomic E-state index is 4.74. The van der Waals surface area contributed by atoms with E-state index in [0.29, 0.717) is 0 Å². The van der Waals surface area contributed by atoms with Crippen molar-refractivity contribution in [1.29, 1.82) is 0 Å². The molecule has 3 nitrogen and oxygen atoms in total. The Morgan fingerprint density at radius 3 is 1.44 bits per heavy atom. The molecule has 7 aromatic rings. The van der Waals surface area contributed by atoms with Crippen LogP contribution in [0, 0.1) is 0 Å². The lowest BCUT2D eigenvalue weighted by atomic mass is 9.99. The van der Waals surface area contributed by atoms with Gasteiger partial charge in [-0.05, 0) is 42.5 Å². The lowest BCUT2D eigenvalue weighted by Crippen LogP contribution is -1.90. The van der Waals surface area contributed by atoms with E-state index in [-0.39, 0.29) is 0 Å². The molecule has 34 heavy (non-hydrogen) atoms. The van der Waals surface area contributed by atoms with E-state index in [1.54, 1.807) is 0 Å². The van der Waals surface area contributed by atoms with Crippen molar-refractivity contribution >= 4 is 43.6 Å². The van der Waals surface area contributed by atoms with Crippen LogP contribution in [-0.2, 0) is 0 Å². The van der Waals surface area contributed by atoms with Gasteiger partial charge < -0.3 is 0 Å². The van der Waals surface area contributed by atoms with Gasteiger partial charge in [-0.15, -0.1) is 0 Å². The Morgan fingerprint density at radius 1 is 0.412 bits per heavy atom. The molecule has 0 fully saturated rings. The molecular weight excluding hydrogens is 414 g/mol. The van der Waals surface area contributed by atoms with Crippen LogP contribution in [-0.4, -0.2) is 15.0 Å². The van der Waals surface area contributed by atoms with Gasteiger partial charge in [-0.1, -0.05) is 78.9 Å². The van der Waals surface area contributed by atoms with Crippen LogP contribution in [0.25, 0.3) is 54.9 Å². The summed E-state index contributed by atoms with van der Waals surface area (Å²) in [5, 5.41) is 4.69. The molecule has 0 radical (unpaired) electrons. The van der Waals surface area contributed by atoms with Gasteiger partial charge in [0.15, 0.2) is 0 Å². The molecule has 0 aliphatic heterocycles. The second-order valence-corrected chi connectivity index (χ2v) is 8.11. The zero-order valence-electron chi connectivity index (χ0n) is 18.5. The van der Waals surface area contributed by atoms with Crippen molar-refractivity contribution in [2.24, 2.45) is 0 Å². The maximum Gasteiger partial charge on any atom is 0.0716 e. The maximum atomic E-state index is 4.74. The van der Waals surface area contributed by atoms with E-state index in [0.717, 1.165) is 44.1 Å². The first-order chi connectivity index (χ1) is 16.9. The molecule has 0 aliphatic carbocycles. The summed E-state index contributed by atoms with van der Waals surface area (Å²) >= 11 is 0. The minimum atomic E-state index is 0.988. The highest BCUT2D eigenvalue weighted by molar-refractivity contribution is 6.08. The zero-order chi connectivity index (χ0) is 22.7. The fourth-order valence-electron chi connectivity index (χ4n) is 4.35. The van der Waals surface area contributed by atoms with Crippen molar-refractivity contribution in [3.63, 3.8) is 0 Å². The number of pyridine rings is 3. The number of nitrogens with zero attached hydrogens (tertiary/aromatic N) is 3. The second kappa shape index (κ2) is 8.72. The molecule has 0 spiro atoms. The number of fused-ring (bicyclic) bond motifs is 4. The average molecular weight is 436 g/mol. The molecule has 0 amide bonds. The van der Waals surface area contributed by atoms with Crippen LogP contribution in [0.15, 0.2) is 128 Å². The Labute approximate surface area is 197 Å². The molecule has 0 bridgehead atoms. The van der Waals surface area contributed by atoms with Gasteiger partial charge >= 0.3 is 0 Å². The Bertz CT molecular complexity index is 1600. The standard InChI is InChI=1S/C18H12N2.C13H9N/c1-3-9-15-13(7-1)18(17-11-5-6-12-19-17)14-8-2-4-10-16(14)20-15;1-3-7-12-10(5-1)9-11-6-2-4-8-13(11)14-12/h1-12H;1-9H. The first-order valence-electron chi connectivity index (χ1n) is 11.3. The van der Waals surface area contributed by atoms with Gasteiger partial charge in [0.25, 0.3) is 0 Å². The molecule has 0 saturated heterocycles. The molecule has 0 N–H and O–H groups in total. The number of rotatable bonds is 1. The molecule has 4 aromatic carbocycles. The van der Waals surface area contributed by atoms with E-state index in [2.05, 4.69) is 40.3 Å². The summed E-state index contributed by atoms with van der Waals surface area (Å²) in [4.78, 5) is 13.8. The van der Waals surface area contributed by atoms with Crippen LogP contribution in [0.5, 0.6) is 0 Å². The average Bonchev–Trinajstić information content (AvgIpc) is 2.91. The molecule has 0 unspecified atom stereocenters. The van der Waals surface area contributed by atoms with Gasteiger partial charge in [0, 0.05) is 33.3 Å². The molecule has 3 heteroatoms. The third-order valence-electron chi connectivity index (χ3n) is 5.93. The van der Waals surface area contributed by atoms with Crippen molar-refractivity contribution in [2.45, 2.75) is 0 Å². The van der Waals surface area contributed by atoms with Gasteiger partial charge in [0.05, 0.1) is 27.8 Å². The van der Waals surface area contributed by atoms with Crippen molar-refractivity contribution in [1.82, 2.24) is 15.0 Å². The minimum absolute atomic E-state index is 0.988. The predicted molar refractivity (Wildman–Crippen MR) is 142 cm³/mol. The summed E-state index contributed by atoms with van der Waals surface area (Å²) in [5.74, 6) is 0. The lowest BCUT2D eigenvalue weighted by Gasteiger charge is -2.10. The van der Waals surface area contributed by atoms with Gasteiger partial charge in [0.2, 0.25) is 0 Å². The highest BCUT2D eigenvalue weighted by Crippen LogP contribution is 2.33. The molecule has 7 rings (SSSR count). The Kier molecular flexibility index (Phi) is 5.13. The summed E-state index contributed by atoms with van der Waals surface area (Å²) < 4.78 is 0. The SMILES string of the molecule is c1ccc(-c2c3ccccc3nc3ccccc23)nc1.c1ccc2nc3ccccc3cc2c1. The van der Waals surface area contributed by atoms with Crippen LogP contribution in [0.1, 0.15) is 0 Å². The first-order valence-corrected chi connectivity index (χ1v) is 11.3. The van der Waals surface area contributed by atoms with Gasteiger partial charge in [0.1, 0.15) is 0 Å². The summed E-state index contributed by atoms with van der Waals surface area (Å²) in [5.41, 5.74) is 6.28. The first kappa shape index (κ1) is 20.0. The number of aromatic nitrogens is 3. The highest BCUT2D eigenvalue weighted by atomic mass is 14.7. The van der Waals surface area contributed by atoms with E-state index >= 15 is 0 Å². The van der Waals surface area contributed by atoms with Crippen LogP contribution >= 0.6 is 0 Å². The number of hydrogen-bond acceptors (Lipinski definition) is 3. The quantitative estimate of drug-likeness (QED) is 0.247. The summed E-state index contributed by atoms with van der Waals surface area (Å²) in [7, 11) is 0. The minimum Gasteiger partial charge on any atom is -0.256 e. The largest absolute Gasteiger partial charge is 0.256 e. The topological polar surface area (TPSA) is 38.7 Å². The normalized spacial score (nSPS) is 10.9. The lowest BCUT2D eigenvalue weighted by molar-refractivity contribution is 1.33. The highest BCUT2D eigenvalue weighted by Gasteiger charge is 2.10. The van der Waals surface area contributed by atoms with Crippen LogP contribution in [0.2, 0.25) is 0 Å². The molecule has 3 aromatic heterocycles. The predicted octanol–water partition coefficient (Wildman–Crippen LogP) is 7.84. The van der Waals surface area contributed by atoms with Crippen LogP contribution < -0.4 is 0 Å². The fourth-order valence-corrected chi connectivity index (χ4v) is 4.35. The molecule has 0 aliphatic rings. The van der Waals surface area contributed by atoms with E-state index in [4.69, 9.17) is 4.98 Å². The summed E-state index contributed by atoms with van der Waals surface area (Å²) in [6.07, 6.45) is 1.83. The number of benzene rings is 4. The van der Waals surface area contributed by atoms with Crippen LogP contribution in [0.4, 0.5) is 0 Å². The van der Waals surface area contributed by atoms with Crippen molar-refractivity contribution in [3.8, 4) is 11.3 Å². The smallest absolute Gasteiger partial charge is 0.0716 e. The van der Waals surface area contributed by atoms with Gasteiger partial charge in [-0.3, -0.25) is 4.98 Å². The Balaban J connectivity index is 0.000000136. The zero-order valence-corrected chi connectivity index (χ0v) is 18.5. The summed E-state index contributed by atoms with van der Waals surface area (Å²) in [6.45, 7) is 0. The van der Waals surface area contributed by atoms with E-state index in [9.17, 15) is 0 Å². The third-order valence-corrected chi connectivity index (χ3v) is 5.93. The monoisotopic (exact) mass is 435 g/mol. The van der Waals surface area contributed by atoms with Crippen molar-refractivity contribution in [2.75, 3.05) is 0 Å². The number of hydrogen-bond donors (Lipinski definition) is 0. The molecule has 160 valence electrons. The summed E-state index contributed by atoms with van der Waals surface area (Å²) in [6, 6.07) is 41.0. The molecule has 0 atom stereocenters. The molecular formula is C31H21N3. The second-order valence-electron chi connectivity index (χ2n) is 8.11. The van der Waals surface area contributed by atoms with Crippen LogP contribution in [0.3, 0.4) is 0 Å². The van der Waals surface area contributed by atoms with Gasteiger partial charge in [-0.2, -0.15) is 0 Å². The fraction of sp³-hybridized carbons (Fsp3) is 0. The van der Waals surface area contributed by atoms with E-state index < -0.39 is 0 Å². The van der Waals surface area contributed by atoms with E-state index in [1.807, 2.05) is 97.2 Å². The number of para-hydroxylation sites is 4. The Morgan fingerprint density at radius 2 is 0.882 bits per heavy atom. The Hall–Kier alpha value is -4.63. The molecule has 3 heterocycles. The van der Waals surface area contributed by atoms with E-state index in [1.165, 1.54) is 10.8 Å². The van der Waals surface area contributed by atoms with Gasteiger partial charge in [-0.25, -0.2) is 9.97 Å².